The fourth-order valence-electron chi connectivity index (χ4n) is 1.62. The van der Waals surface area contributed by atoms with Crippen LogP contribution in [0.5, 0.6) is 5.88 Å². The highest BCUT2D eigenvalue weighted by molar-refractivity contribution is 6.35. The predicted octanol–water partition coefficient (Wildman–Crippen LogP) is 4.65. The van der Waals surface area contributed by atoms with Crippen LogP contribution in [0.25, 0.3) is 0 Å². The molecule has 2 aromatic heterocycles. The zero-order valence-electron chi connectivity index (χ0n) is 11.7. The molecule has 10 heteroatoms. The standard InChI is InChI=1S/C13H11Cl3F2N4O/c1-6(4-23-13-8(15)2-7(14)3-19-13)22-12-9(16)10(11(17)18)20-5-21-12/h2-3,5-6,11H,4H2,1H3,(H,20,21,22). The van der Waals surface area contributed by atoms with Crippen molar-refractivity contribution in [1.29, 1.82) is 0 Å². The smallest absolute Gasteiger partial charge is 0.282 e. The zero-order chi connectivity index (χ0) is 17.0. The molecule has 2 heterocycles. The van der Waals surface area contributed by atoms with Gasteiger partial charge in [0.1, 0.15) is 34.5 Å². The molecule has 2 aromatic rings. The molecule has 0 spiro atoms. The van der Waals surface area contributed by atoms with Crippen LogP contribution in [-0.4, -0.2) is 27.6 Å². The van der Waals surface area contributed by atoms with Crippen molar-refractivity contribution in [3.05, 3.63) is 39.4 Å². The van der Waals surface area contributed by atoms with Crippen molar-refractivity contribution in [3.8, 4) is 5.88 Å². The van der Waals surface area contributed by atoms with Crippen LogP contribution >= 0.6 is 34.8 Å². The molecule has 0 amide bonds. The molecular weight excluding hydrogens is 373 g/mol. The first-order valence-corrected chi connectivity index (χ1v) is 7.50. The normalized spacial score (nSPS) is 12.3. The lowest BCUT2D eigenvalue weighted by atomic mass is 10.3. The number of anilines is 1. The van der Waals surface area contributed by atoms with Crippen LogP contribution in [0.15, 0.2) is 18.6 Å². The second-order valence-corrected chi connectivity index (χ2v) is 5.74. The Morgan fingerprint density at radius 2 is 1.96 bits per heavy atom. The molecule has 0 saturated carbocycles. The Morgan fingerprint density at radius 1 is 1.22 bits per heavy atom. The first-order chi connectivity index (χ1) is 10.9. The van der Waals surface area contributed by atoms with E-state index in [1.54, 1.807) is 6.92 Å². The lowest BCUT2D eigenvalue weighted by Crippen LogP contribution is -2.24. The van der Waals surface area contributed by atoms with Gasteiger partial charge in [-0.25, -0.2) is 23.7 Å². The number of alkyl halides is 2. The van der Waals surface area contributed by atoms with E-state index in [-0.39, 0.29) is 34.4 Å². The van der Waals surface area contributed by atoms with Crippen LogP contribution in [-0.2, 0) is 0 Å². The highest BCUT2D eigenvalue weighted by atomic mass is 35.5. The molecule has 0 bridgehead atoms. The Bertz CT molecular complexity index is 690. The van der Waals surface area contributed by atoms with Gasteiger partial charge in [-0.15, -0.1) is 0 Å². The molecule has 0 aliphatic carbocycles. The number of nitrogens with one attached hydrogen (secondary N) is 1. The molecule has 0 aliphatic rings. The Morgan fingerprint density at radius 3 is 2.61 bits per heavy atom. The Kier molecular flexibility index (Phi) is 6.15. The van der Waals surface area contributed by atoms with Gasteiger partial charge in [-0.3, -0.25) is 0 Å². The third-order valence-electron chi connectivity index (χ3n) is 2.65. The summed E-state index contributed by atoms with van der Waals surface area (Å²) in [7, 11) is 0. The number of pyridine rings is 1. The maximum atomic E-state index is 12.7. The zero-order valence-corrected chi connectivity index (χ0v) is 14.0. The van der Waals surface area contributed by atoms with Crippen molar-refractivity contribution in [2.24, 2.45) is 0 Å². The molecule has 2 rings (SSSR count). The second kappa shape index (κ2) is 7.90. The third kappa shape index (κ3) is 4.76. The van der Waals surface area contributed by atoms with Crippen LogP contribution in [0, 0.1) is 0 Å². The summed E-state index contributed by atoms with van der Waals surface area (Å²) >= 11 is 17.5. The molecule has 5 nitrogen and oxygen atoms in total. The molecule has 1 N–H and O–H groups in total. The molecule has 0 radical (unpaired) electrons. The number of hydrogen-bond donors (Lipinski definition) is 1. The summed E-state index contributed by atoms with van der Waals surface area (Å²) < 4.78 is 30.9. The van der Waals surface area contributed by atoms with Crippen LogP contribution < -0.4 is 10.1 Å². The largest absolute Gasteiger partial charge is 0.474 e. The van der Waals surface area contributed by atoms with Crippen molar-refractivity contribution in [1.82, 2.24) is 15.0 Å². The highest BCUT2D eigenvalue weighted by Crippen LogP contribution is 2.29. The van der Waals surface area contributed by atoms with Gasteiger partial charge in [0.2, 0.25) is 5.88 Å². The highest BCUT2D eigenvalue weighted by Gasteiger charge is 2.18. The van der Waals surface area contributed by atoms with Crippen LogP contribution in [0.4, 0.5) is 14.6 Å². The number of ether oxygens (including phenoxy) is 1. The quantitative estimate of drug-likeness (QED) is 0.787. The maximum absolute atomic E-state index is 12.7. The van der Waals surface area contributed by atoms with Crippen molar-refractivity contribution in [2.75, 3.05) is 11.9 Å². The van der Waals surface area contributed by atoms with Crippen molar-refractivity contribution in [3.63, 3.8) is 0 Å². The Labute approximate surface area is 146 Å². The lowest BCUT2D eigenvalue weighted by molar-refractivity contribution is 0.146. The van der Waals surface area contributed by atoms with E-state index in [9.17, 15) is 8.78 Å². The number of rotatable bonds is 6. The van der Waals surface area contributed by atoms with E-state index in [0.29, 0.717) is 5.02 Å². The van der Waals surface area contributed by atoms with Gasteiger partial charge >= 0.3 is 0 Å². The van der Waals surface area contributed by atoms with Gasteiger partial charge in [0.15, 0.2) is 0 Å². The van der Waals surface area contributed by atoms with Gasteiger partial charge in [-0.2, -0.15) is 0 Å². The third-order valence-corrected chi connectivity index (χ3v) is 3.50. The summed E-state index contributed by atoms with van der Waals surface area (Å²) in [6.45, 7) is 1.91. The Hall–Kier alpha value is -1.44. The maximum Gasteiger partial charge on any atom is 0.282 e. The van der Waals surface area contributed by atoms with E-state index in [0.717, 1.165) is 6.33 Å². The summed E-state index contributed by atoms with van der Waals surface area (Å²) in [5.41, 5.74) is -0.528. The molecule has 0 aliphatic heterocycles. The molecule has 23 heavy (non-hydrogen) atoms. The van der Waals surface area contributed by atoms with E-state index >= 15 is 0 Å². The van der Waals surface area contributed by atoms with Gasteiger partial charge in [-0.1, -0.05) is 34.8 Å². The average Bonchev–Trinajstić information content (AvgIpc) is 2.48. The minimum atomic E-state index is -2.78. The van der Waals surface area contributed by atoms with Crippen molar-refractivity contribution < 1.29 is 13.5 Å². The molecular formula is C13H11Cl3F2N4O. The summed E-state index contributed by atoms with van der Waals surface area (Å²) in [6.07, 6.45) is -0.368. The first kappa shape index (κ1) is 17.9. The van der Waals surface area contributed by atoms with E-state index in [1.165, 1.54) is 12.3 Å². The Balaban J connectivity index is 2.00. The summed E-state index contributed by atoms with van der Waals surface area (Å²) in [4.78, 5) is 11.2. The van der Waals surface area contributed by atoms with E-state index in [4.69, 9.17) is 39.5 Å². The van der Waals surface area contributed by atoms with E-state index in [1.807, 2.05) is 0 Å². The van der Waals surface area contributed by atoms with Crippen LogP contribution in [0.2, 0.25) is 15.1 Å². The molecule has 1 atom stereocenters. The van der Waals surface area contributed by atoms with Gasteiger partial charge in [0.05, 0.1) is 11.1 Å². The topological polar surface area (TPSA) is 59.9 Å². The van der Waals surface area contributed by atoms with Gasteiger partial charge < -0.3 is 10.1 Å². The fourth-order valence-corrected chi connectivity index (χ4v) is 2.29. The van der Waals surface area contributed by atoms with Gasteiger partial charge in [-0.05, 0) is 13.0 Å². The molecule has 0 fully saturated rings. The van der Waals surface area contributed by atoms with Crippen molar-refractivity contribution >= 4 is 40.6 Å². The summed E-state index contributed by atoms with van der Waals surface area (Å²) in [5.74, 6) is 0.315. The molecule has 1 unspecified atom stereocenters. The molecule has 0 saturated heterocycles. The van der Waals surface area contributed by atoms with Crippen LogP contribution in [0.3, 0.4) is 0 Å². The second-order valence-electron chi connectivity index (χ2n) is 4.52. The van der Waals surface area contributed by atoms with Gasteiger partial charge in [0.25, 0.3) is 6.43 Å². The first-order valence-electron chi connectivity index (χ1n) is 6.37. The minimum absolute atomic E-state index is 0.100. The number of halogens is 5. The average molecular weight is 384 g/mol. The SMILES string of the molecule is CC(COc1ncc(Cl)cc1Cl)Nc1ncnc(C(F)F)c1Cl. The lowest BCUT2D eigenvalue weighted by Gasteiger charge is -2.17. The van der Waals surface area contributed by atoms with Crippen molar-refractivity contribution in [2.45, 2.75) is 19.4 Å². The number of nitrogens with zero attached hydrogens (tertiary/aromatic N) is 3. The van der Waals surface area contributed by atoms with Crippen LogP contribution in [0.1, 0.15) is 19.0 Å². The number of aromatic nitrogens is 3. The molecule has 0 aromatic carbocycles. The fraction of sp³-hybridized carbons (Fsp3) is 0.308. The van der Waals surface area contributed by atoms with E-state index in [2.05, 4.69) is 20.3 Å². The molecule has 124 valence electrons. The summed E-state index contributed by atoms with van der Waals surface area (Å²) in [5, 5.41) is 3.30. The monoisotopic (exact) mass is 382 g/mol. The predicted molar refractivity (Wildman–Crippen MR) is 84.8 cm³/mol. The van der Waals surface area contributed by atoms with Gasteiger partial charge in [0, 0.05) is 6.20 Å². The van der Waals surface area contributed by atoms with E-state index < -0.39 is 12.1 Å². The number of hydrogen-bond acceptors (Lipinski definition) is 5. The minimum Gasteiger partial charge on any atom is -0.474 e. The summed E-state index contributed by atoms with van der Waals surface area (Å²) in [6, 6.07) is 1.20.